The quantitative estimate of drug-likeness (QED) is 0.743. The molecule has 26 heavy (non-hydrogen) atoms. The van der Waals surface area contributed by atoms with Gasteiger partial charge in [-0.1, -0.05) is 68.3 Å². The van der Waals surface area contributed by atoms with Crippen LogP contribution in [0.2, 0.25) is 5.02 Å². The molecule has 0 aliphatic carbocycles. The Morgan fingerprint density at radius 2 is 1.85 bits per heavy atom. The number of nitrogens with one attached hydrogen (secondary N) is 2. The number of halogens is 1. The third kappa shape index (κ3) is 6.08. The summed E-state index contributed by atoms with van der Waals surface area (Å²) in [6.07, 6.45) is 0.104. The van der Waals surface area contributed by atoms with Gasteiger partial charge in [0.25, 0.3) is 0 Å². The van der Waals surface area contributed by atoms with E-state index >= 15 is 0 Å². The van der Waals surface area contributed by atoms with Gasteiger partial charge in [0.2, 0.25) is 5.91 Å². The van der Waals surface area contributed by atoms with Gasteiger partial charge in [0.15, 0.2) is 0 Å². The molecule has 0 spiro atoms. The largest absolute Gasteiger partial charge is 0.445 e. The fraction of sp³-hybridized carbons (Fsp3) is 0.300. The lowest BCUT2D eigenvalue weighted by atomic mass is 9.98. The number of alkyl carbamates (subject to hydrolysis) is 1. The lowest BCUT2D eigenvalue weighted by Gasteiger charge is -2.23. The number of amides is 2. The van der Waals surface area contributed by atoms with Gasteiger partial charge in [0.1, 0.15) is 12.6 Å². The Morgan fingerprint density at radius 3 is 2.50 bits per heavy atom. The predicted molar refractivity (Wildman–Crippen MR) is 103 cm³/mol. The first-order valence-electron chi connectivity index (χ1n) is 8.53. The molecule has 0 bridgehead atoms. The molecule has 2 aromatic carbocycles. The molecule has 138 valence electrons. The van der Waals surface area contributed by atoms with Crippen LogP contribution in [0.1, 0.15) is 25.8 Å². The fourth-order valence-corrected chi connectivity index (χ4v) is 2.57. The minimum Gasteiger partial charge on any atom is -0.445 e. The van der Waals surface area contributed by atoms with E-state index in [4.69, 9.17) is 16.3 Å². The molecule has 0 saturated heterocycles. The molecule has 2 amide bonds. The zero-order valence-electron chi connectivity index (χ0n) is 14.9. The highest BCUT2D eigenvalue weighted by Crippen LogP contribution is 2.17. The molecule has 0 aliphatic rings. The molecule has 5 nitrogen and oxygen atoms in total. The van der Waals surface area contributed by atoms with Crippen molar-refractivity contribution in [3.63, 3.8) is 0 Å². The Balaban J connectivity index is 1.97. The molecule has 0 aromatic heterocycles. The molecule has 0 saturated carbocycles. The average Bonchev–Trinajstić information content (AvgIpc) is 2.64. The van der Waals surface area contributed by atoms with E-state index in [2.05, 4.69) is 10.6 Å². The topological polar surface area (TPSA) is 67.4 Å². The van der Waals surface area contributed by atoms with Crippen LogP contribution < -0.4 is 10.6 Å². The highest BCUT2D eigenvalue weighted by atomic mass is 35.5. The van der Waals surface area contributed by atoms with Gasteiger partial charge in [-0.05, 0) is 29.7 Å². The second-order valence-electron chi connectivity index (χ2n) is 6.07. The lowest BCUT2D eigenvalue weighted by molar-refractivity contribution is -0.119. The van der Waals surface area contributed by atoms with Crippen molar-refractivity contribution in [1.82, 2.24) is 5.32 Å². The number of benzene rings is 2. The molecule has 2 aromatic rings. The van der Waals surface area contributed by atoms with E-state index in [9.17, 15) is 9.59 Å². The van der Waals surface area contributed by atoms with Crippen molar-refractivity contribution in [2.24, 2.45) is 5.92 Å². The minimum absolute atomic E-state index is 0.0570. The first kappa shape index (κ1) is 19.8. The van der Waals surface area contributed by atoms with Crippen LogP contribution in [-0.4, -0.2) is 18.0 Å². The van der Waals surface area contributed by atoms with E-state index in [0.29, 0.717) is 10.7 Å². The van der Waals surface area contributed by atoms with Gasteiger partial charge >= 0.3 is 6.09 Å². The molecule has 0 fully saturated rings. The van der Waals surface area contributed by atoms with E-state index in [1.54, 1.807) is 24.3 Å². The van der Waals surface area contributed by atoms with Crippen LogP contribution in [0.15, 0.2) is 54.6 Å². The number of carbonyl (C=O) groups excluding carboxylic acids is 2. The van der Waals surface area contributed by atoms with Gasteiger partial charge in [-0.2, -0.15) is 0 Å². The molecular formula is C20H23ClN2O3. The summed E-state index contributed by atoms with van der Waals surface area (Å²) in [6.45, 7) is 4.01. The van der Waals surface area contributed by atoms with E-state index in [0.717, 1.165) is 12.0 Å². The zero-order valence-corrected chi connectivity index (χ0v) is 15.6. The zero-order chi connectivity index (χ0) is 18.9. The number of hydrogen-bond acceptors (Lipinski definition) is 3. The fourth-order valence-electron chi connectivity index (χ4n) is 2.38. The molecule has 2 N–H and O–H groups in total. The second-order valence-corrected chi connectivity index (χ2v) is 6.51. The first-order valence-corrected chi connectivity index (χ1v) is 8.91. The summed E-state index contributed by atoms with van der Waals surface area (Å²) < 4.78 is 5.22. The molecule has 2 atom stereocenters. The summed E-state index contributed by atoms with van der Waals surface area (Å²) >= 11 is 5.94. The molecule has 0 unspecified atom stereocenters. The molecule has 0 aliphatic heterocycles. The smallest absolute Gasteiger partial charge is 0.408 e. The molecule has 0 radical (unpaired) electrons. The Labute approximate surface area is 158 Å². The van der Waals surface area contributed by atoms with Crippen LogP contribution in [0.25, 0.3) is 0 Å². The van der Waals surface area contributed by atoms with Crippen molar-refractivity contribution in [3.8, 4) is 0 Å². The minimum atomic E-state index is -0.706. The first-order chi connectivity index (χ1) is 12.5. The van der Waals surface area contributed by atoms with E-state index in [-0.39, 0.29) is 18.4 Å². The van der Waals surface area contributed by atoms with Gasteiger partial charge in [-0.15, -0.1) is 0 Å². The number of carbonyl (C=O) groups is 2. The van der Waals surface area contributed by atoms with Crippen molar-refractivity contribution >= 4 is 29.3 Å². The summed E-state index contributed by atoms with van der Waals surface area (Å²) in [7, 11) is 0. The second kappa shape index (κ2) is 9.82. The third-order valence-electron chi connectivity index (χ3n) is 4.07. The lowest BCUT2D eigenvalue weighted by Crippen LogP contribution is -2.47. The number of anilines is 1. The highest BCUT2D eigenvalue weighted by Gasteiger charge is 2.26. The SMILES string of the molecule is CC[C@@H](C)[C@H](NC(=O)OCc1ccccc1)C(=O)Nc1cccc(Cl)c1. The molecule has 6 heteroatoms. The van der Waals surface area contributed by atoms with Crippen LogP contribution in [0.4, 0.5) is 10.5 Å². The van der Waals surface area contributed by atoms with Crippen LogP contribution in [-0.2, 0) is 16.1 Å². The van der Waals surface area contributed by atoms with Crippen LogP contribution in [0.3, 0.4) is 0 Å². The van der Waals surface area contributed by atoms with E-state index in [1.165, 1.54) is 0 Å². The van der Waals surface area contributed by atoms with Gasteiger partial charge in [0, 0.05) is 10.7 Å². The number of rotatable bonds is 7. The maximum Gasteiger partial charge on any atom is 0.408 e. The molecule has 0 heterocycles. The van der Waals surface area contributed by atoms with Crippen molar-refractivity contribution in [2.45, 2.75) is 32.9 Å². The summed E-state index contributed by atoms with van der Waals surface area (Å²) in [6, 6.07) is 15.5. The maximum absolute atomic E-state index is 12.6. The van der Waals surface area contributed by atoms with Crippen LogP contribution in [0.5, 0.6) is 0 Å². The van der Waals surface area contributed by atoms with Crippen molar-refractivity contribution < 1.29 is 14.3 Å². The summed E-state index contributed by atoms with van der Waals surface area (Å²) in [4.78, 5) is 24.7. The van der Waals surface area contributed by atoms with E-state index in [1.807, 2.05) is 44.2 Å². The highest BCUT2D eigenvalue weighted by molar-refractivity contribution is 6.30. The monoisotopic (exact) mass is 374 g/mol. The van der Waals surface area contributed by atoms with Crippen molar-refractivity contribution in [3.05, 3.63) is 65.2 Å². The van der Waals surface area contributed by atoms with E-state index < -0.39 is 12.1 Å². The average molecular weight is 375 g/mol. The normalized spacial score (nSPS) is 12.7. The Bertz CT molecular complexity index is 737. The van der Waals surface area contributed by atoms with Crippen molar-refractivity contribution in [1.29, 1.82) is 0 Å². The Kier molecular flexibility index (Phi) is 7.48. The summed E-state index contributed by atoms with van der Waals surface area (Å²) in [5.41, 5.74) is 1.46. The predicted octanol–water partition coefficient (Wildman–Crippen LogP) is 4.62. The number of ether oxygens (including phenoxy) is 1. The van der Waals surface area contributed by atoms with Gasteiger partial charge in [-0.3, -0.25) is 4.79 Å². The van der Waals surface area contributed by atoms with Gasteiger partial charge < -0.3 is 15.4 Å². The Morgan fingerprint density at radius 1 is 1.12 bits per heavy atom. The van der Waals surface area contributed by atoms with Gasteiger partial charge in [0.05, 0.1) is 0 Å². The number of hydrogen-bond donors (Lipinski definition) is 2. The Hall–Kier alpha value is -2.53. The van der Waals surface area contributed by atoms with Crippen LogP contribution in [0, 0.1) is 5.92 Å². The standard InChI is InChI=1S/C20H23ClN2O3/c1-3-14(2)18(19(24)22-17-11-7-10-16(21)12-17)23-20(25)26-13-15-8-5-4-6-9-15/h4-12,14,18H,3,13H2,1-2H3,(H,22,24)(H,23,25)/t14-,18+/m1/s1. The maximum atomic E-state index is 12.6. The summed E-state index contributed by atoms with van der Waals surface area (Å²) in [5.74, 6) is -0.364. The molecular weight excluding hydrogens is 352 g/mol. The third-order valence-corrected chi connectivity index (χ3v) is 4.31. The molecule has 2 rings (SSSR count). The summed E-state index contributed by atoms with van der Waals surface area (Å²) in [5, 5.41) is 5.98. The van der Waals surface area contributed by atoms with Crippen molar-refractivity contribution in [2.75, 3.05) is 5.32 Å². The van der Waals surface area contributed by atoms with Gasteiger partial charge in [-0.25, -0.2) is 4.79 Å². The van der Waals surface area contributed by atoms with Crippen LogP contribution >= 0.6 is 11.6 Å².